The predicted octanol–water partition coefficient (Wildman–Crippen LogP) is 3.27. The topological polar surface area (TPSA) is 40.5 Å². The lowest BCUT2D eigenvalue weighted by Gasteiger charge is -2.26. The zero-order valence-corrected chi connectivity index (χ0v) is 11.4. The highest BCUT2D eigenvalue weighted by Gasteiger charge is 2.12. The highest BCUT2D eigenvalue weighted by atomic mass is 16.4. The van der Waals surface area contributed by atoms with E-state index in [1.807, 2.05) is 12.1 Å². The number of benzene rings is 1. The number of nitrogens with zero attached hydrogens (tertiary/aromatic N) is 1. The zero-order valence-electron chi connectivity index (χ0n) is 11.4. The summed E-state index contributed by atoms with van der Waals surface area (Å²) in [4.78, 5) is 13.3. The molecule has 19 heavy (non-hydrogen) atoms. The summed E-state index contributed by atoms with van der Waals surface area (Å²) in [6.45, 7) is 5.51. The molecule has 3 heteroatoms. The van der Waals surface area contributed by atoms with E-state index in [-0.39, 0.29) is 0 Å². The molecule has 0 aromatic heterocycles. The standard InChI is InChI=1S/C16H21NO2/c1-2-3-10-17-11-8-14(9-12-17)13-4-6-15(7-5-13)16(18)19/h4-8H,2-3,9-12H2,1H3,(H,18,19). The van der Waals surface area contributed by atoms with E-state index in [1.54, 1.807) is 12.1 Å². The Morgan fingerprint density at radius 1 is 1.32 bits per heavy atom. The molecule has 0 fully saturated rings. The van der Waals surface area contributed by atoms with Crippen molar-refractivity contribution >= 4 is 11.5 Å². The molecule has 1 aromatic rings. The van der Waals surface area contributed by atoms with Crippen molar-refractivity contribution in [1.82, 2.24) is 4.90 Å². The fourth-order valence-electron chi connectivity index (χ4n) is 2.39. The van der Waals surface area contributed by atoms with E-state index in [0.29, 0.717) is 5.56 Å². The fraction of sp³-hybridized carbons (Fsp3) is 0.438. The fourth-order valence-corrected chi connectivity index (χ4v) is 2.39. The van der Waals surface area contributed by atoms with Gasteiger partial charge in [-0.25, -0.2) is 4.79 Å². The molecular formula is C16H21NO2. The molecule has 2 rings (SSSR count). The molecule has 0 aliphatic carbocycles. The zero-order chi connectivity index (χ0) is 13.7. The Kier molecular flexibility index (Phi) is 4.74. The quantitative estimate of drug-likeness (QED) is 0.882. The molecule has 3 nitrogen and oxygen atoms in total. The second-order valence-corrected chi connectivity index (χ2v) is 5.02. The van der Waals surface area contributed by atoms with Crippen LogP contribution in [0.25, 0.3) is 5.57 Å². The molecule has 102 valence electrons. The van der Waals surface area contributed by atoms with Crippen LogP contribution in [0, 0.1) is 0 Å². The Morgan fingerprint density at radius 2 is 2.05 bits per heavy atom. The molecular weight excluding hydrogens is 238 g/mol. The van der Waals surface area contributed by atoms with Gasteiger partial charge in [-0.3, -0.25) is 4.90 Å². The van der Waals surface area contributed by atoms with Gasteiger partial charge in [-0.15, -0.1) is 0 Å². The van der Waals surface area contributed by atoms with Crippen molar-refractivity contribution in [2.24, 2.45) is 0 Å². The van der Waals surface area contributed by atoms with Crippen molar-refractivity contribution in [2.45, 2.75) is 26.2 Å². The first-order chi connectivity index (χ1) is 9.20. The number of aromatic carboxylic acids is 1. The first-order valence-electron chi connectivity index (χ1n) is 6.96. The summed E-state index contributed by atoms with van der Waals surface area (Å²) in [6, 6.07) is 7.19. The van der Waals surface area contributed by atoms with Gasteiger partial charge < -0.3 is 5.11 Å². The summed E-state index contributed by atoms with van der Waals surface area (Å²) in [5, 5.41) is 8.88. The molecule has 0 amide bonds. The molecule has 1 N–H and O–H groups in total. The van der Waals surface area contributed by atoms with Crippen LogP contribution in [-0.2, 0) is 0 Å². The van der Waals surface area contributed by atoms with Crippen LogP contribution in [-0.4, -0.2) is 35.6 Å². The number of unbranched alkanes of at least 4 members (excludes halogenated alkanes) is 1. The van der Waals surface area contributed by atoms with Gasteiger partial charge >= 0.3 is 5.97 Å². The summed E-state index contributed by atoms with van der Waals surface area (Å²) in [5.41, 5.74) is 2.84. The number of carboxylic acids is 1. The van der Waals surface area contributed by atoms with E-state index in [1.165, 1.54) is 25.0 Å². The molecule has 0 atom stereocenters. The van der Waals surface area contributed by atoms with Crippen molar-refractivity contribution in [1.29, 1.82) is 0 Å². The first kappa shape index (κ1) is 13.8. The number of rotatable bonds is 5. The monoisotopic (exact) mass is 259 g/mol. The Morgan fingerprint density at radius 3 is 2.58 bits per heavy atom. The van der Waals surface area contributed by atoms with Gasteiger partial charge in [0.15, 0.2) is 0 Å². The van der Waals surface area contributed by atoms with E-state index >= 15 is 0 Å². The summed E-state index contributed by atoms with van der Waals surface area (Å²) in [7, 11) is 0. The van der Waals surface area contributed by atoms with Gasteiger partial charge in [-0.2, -0.15) is 0 Å². The van der Waals surface area contributed by atoms with Crippen molar-refractivity contribution in [3.63, 3.8) is 0 Å². The Bertz CT molecular complexity index is 462. The van der Waals surface area contributed by atoms with Crippen LogP contribution in [0.5, 0.6) is 0 Å². The molecule has 0 spiro atoms. The van der Waals surface area contributed by atoms with E-state index in [0.717, 1.165) is 25.1 Å². The average Bonchev–Trinajstić information content (AvgIpc) is 2.46. The van der Waals surface area contributed by atoms with Gasteiger partial charge in [0.25, 0.3) is 0 Å². The molecule has 0 unspecified atom stereocenters. The smallest absolute Gasteiger partial charge is 0.335 e. The number of hydrogen-bond donors (Lipinski definition) is 1. The molecule has 0 bridgehead atoms. The summed E-state index contributed by atoms with van der Waals surface area (Å²) in [6.07, 6.45) is 5.82. The van der Waals surface area contributed by atoms with Gasteiger partial charge in [0.05, 0.1) is 5.56 Å². The van der Waals surface area contributed by atoms with E-state index in [9.17, 15) is 4.79 Å². The molecule has 1 aliphatic rings. The maximum absolute atomic E-state index is 10.8. The van der Waals surface area contributed by atoms with Gasteiger partial charge in [0.2, 0.25) is 0 Å². The molecule has 0 saturated heterocycles. The highest BCUT2D eigenvalue weighted by Crippen LogP contribution is 2.22. The second-order valence-electron chi connectivity index (χ2n) is 5.02. The van der Waals surface area contributed by atoms with Crippen molar-refractivity contribution in [2.75, 3.05) is 19.6 Å². The van der Waals surface area contributed by atoms with Crippen LogP contribution in [0.3, 0.4) is 0 Å². The van der Waals surface area contributed by atoms with Crippen molar-refractivity contribution in [3.8, 4) is 0 Å². The van der Waals surface area contributed by atoms with E-state index < -0.39 is 5.97 Å². The van der Waals surface area contributed by atoms with Crippen LogP contribution in [0.15, 0.2) is 30.3 Å². The third-order valence-electron chi connectivity index (χ3n) is 3.62. The third-order valence-corrected chi connectivity index (χ3v) is 3.62. The lowest BCUT2D eigenvalue weighted by molar-refractivity contribution is 0.0697. The Labute approximate surface area is 114 Å². The van der Waals surface area contributed by atoms with E-state index in [4.69, 9.17) is 5.11 Å². The van der Waals surface area contributed by atoms with Crippen LogP contribution in [0.2, 0.25) is 0 Å². The molecule has 1 aliphatic heterocycles. The highest BCUT2D eigenvalue weighted by molar-refractivity contribution is 5.88. The summed E-state index contributed by atoms with van der Waals surface area (Å²) in [5.74, 6) is -0.866. The minimum absolute atomic E-state index is 0.352. The van der Waals surface area contributed by atoms with Crippen molar-refractivity contribution in [3.05, 3.63) is 41.5 Å². The third kappa shape index (κ3) is 3.67. The summed E-state index contributed by atoms with van der Waals surface area (Å²) < 4.78 is 0. The average molecular weight is 259 g/mol. The lowest BCUT2D eigenvalue weighted by Crippen LogP contribution is -2.29. The second kappa shape index (κ2) is 6.53. The largest absolute Gasteiger partial charge is 0.478 e. The van der Waals surface area contributed by atoms with Gasteiger partial charge in [-0.05, 0) is 42.7 Å². The Balaban J connectivity index is 1.99. The normalized spacial score (nSPS) is 16.2. The van der Waals surface area contributed by atoms with Crippen LogP contribution in [0.4, 0.5) is 0 Å². The van der Waals surface area contributed by atoms with Crippen molar-refractivity contribution < 1.29 is 9.90 Å². The van der Waals surface area contributed by atoms with Gasteiger partial charge in [-0.1, -0.05) is 31.6 Å². The maximum Gasteiger partial charge on any atom is 0.335 e. The van der Waals surface area contributed by atoms with E-state index in [2.05, 4.69) is 17.9 Å². The lowest BCUT2D eigenvalue weighted by atomic mass is 9.98. The molecule has 0 saturated carbocycles. The minimum Gasteiger partial charge on any atom is -0.478 e. The van der Waals surface area contributed by atoms with Gasteiger partial charge in [0, 0.05) is 13.1 Å². The Hall–Kier alpha value is -1.61. The maximum atomic E-state index is 10.8. The minimum atomic E-state index is -0.866. The van der Waals surface area contributed by atoms with Gasteiger partial charge in [0.1, 0.15) is 0 Å². The number of carboxylic acid groups (broad SMARTS) is 1. The van der Waals surface area contributed by atoms with Crippen LogP contribution >= 0.6 is 0 Å². The number of carbonyl (C=O) groups is 1. The SMILES string of the molecule is CCCCN1CC=C(c2ccc(C(=O)O)cc2)CC1. The van der Waals surface area contributed by atoms with Crippen LogP contribution in [0.1, 0.15) is 42.1 Å². The molecule has 1 heterocycles. The van der Waals surface area contributed by atoms with Crippen LogP contribution < -0.4 is 0 Å². The predicted molar refractivity (Wildman–Crippen MR) is 77.3 cm³/mol. The molecule has 1 aromatic carbocycles. The first-order valence-corrected chi connectivity index (χ1v) is 6.96. The summed E-state index contributed by atoms with van der Waals surface area (Å²) >= 11 is 0. The molecule has 0 radical (unpaired) electrons. The number of hydrogen-bond acceptors (Lipinski definition) is 2.